The lowest BCUT2D eigenvalue weighted by Gasteiger charge is -2.14. The Balaban J connectivity index is 2.40. The summed E-state index contributed by atoms with van der Waals surface area (Å²) in [5.74, 6) is 1.45. The number of ether oxygens (including phenoxy) is 1. The zero-order valence-electron chi connectivity index (χ0n) is 11.4. The average Bonchev–Trinajstić information content (AvgIpc) is 2.43. The Bertz CT molecular complexity index is 521. The monoisotopic (exact) mass is 243 g/mol. The van der Waals surface area contributed by atoms with E-state index in [9.17, 15) is 0 Å². The summed E-state index contributed by atoms with van der Waals surface area (Å²) in [4.78, 5) is 4.39. The van der Waals surface area contributed by atoms with Gasteiger partial charge in [0.2, 0.25) is 0 Å². The summed E-state index contributed by atoms with van der Waals surface area (Å²) in [6.45, 7) is 4.52. The fraction of sp³-hybridized carbons (Fsp3) is 0.438. The third-order valence-corrected chi connectivity index (χ3v) is 3.47. The van der Waals surface area contributed by atoms with E-state index in [1.165, 1.54) is 24.8 Å². The number of benzene rings is 1. The van der Waals surface area contributed by atoms with Crippen LogP contribution in [0.25, 0.3) is 10.9 Å². The summed E-state index contributed by atoms with van der Waals surface area (Å²) < 4.78 is 5.46. The van der Waals surface area contributed by atoms with Gasteiger partial charge in [-0.1, -0.05) is 32.8 Å². The molecule has 0 aliphatic rings. The second-order valence-electron chi connectivity index (χ2n) is 4.84. The molecule has 2 heteroatoms. The first kappa shape index (κ1) is 12.9. The standard InChI is InChI=1S/C16H21NO/c1-4-5-7-12(2)14-10-13-8-6-9-17-16(13)15(11-14)18-3/h6,8-12H,4-5,7H2,1-3H3. The molecule has 0 spiro atoms. The predicted octanol–water partition coefficient (Wildman–Crippen LogP) is 4.54. The third kappa shape index (κ3) is 2.63. The molecule has 0 aliphatic heterocycles. The van der Waals surface area contributed by atoms with Crippen LogP contribution in [0.3, 0.4) is 0 Å². The molecule has 1 unspecified atom stereocenters. The van der Waals surface area contributed by atoms with E-state index in [1.54, 1.807) is 7.11 Å². The van der Waals surface area contributed by atoms with Gasteiger partial charge in [-0.3, -0.25) is 4.98 Å². The van der Waals surface area contributed by atoms with Crippen molar-refractivity contribution in [2.45, 2.75) is 39.0 Å². The lowest BCUT2D eigenvalue weighted by Crippen LogP contribution is -1.96. The molecule has 0 aliphatic carbocycles. The van der Waals surface area contributed by atoms with Gasteiger partial charge in [0.05, 0.1) is 7.11 Å². The van der Waals surface area contributed by atoms with Crippen LogP contribution in [0.2, 0.25) is 0 Å². The van der Waals surface area contributed by atoms with E-state index in [1.807, 2.05) is 12.3 Å². The minimum absolute atomic E-state index is 0.573. The molecular formula is C16H21NO. The molecule has 0 N–H and O–H groups in total. The first-order valence-corrected chi connectivity index (χ1v) is 6.69. The molecule has 1 aromatic carbocycles. The number of unbranched alkanes of at least 4 members (excludes halogenated alkanes) is 1. The number of hydrogen-bond acceptors (Lipinski definition) is 2. The molecule has 96 valence electrons. The molecule has 18 heavy (non-hydrogen) atoms. The van der Waals surface area contributed by atoms with Crippen LogP contribution in [0.1, 0.15) is 44.6 Å². The summed E-state index contributed by atoms with van der Waals surface area (Å²) in [6.07, 6.45) is 5.56. The van der Waals surface area contributed by atoms with Crippen LogP contribution in [0, 0.1) is 0 Å². The topological polar surface area (TPSA) is 22.1 Å². The number of methoxy groups -OCH3 is 1. The molecule has 0 saturated carbocycles. The number of pyridine rings is 1. The van der Waals surface area contributed by atoms with Crippen molar-refractivity contribution in [1.29, 1.82) is 0 Å². The molecule has 2 rings (SSSR count). The van der Waals surface area contributed by atoms with Gasteiger partial charge in [0.25, 0.3) is 0 Å². The van der Waals surface area contributed by atoms with Crippen molar-refractivity contribution in [3.63, 3.8) is 0 Å². The Hall–Kier alpha value is -1.57. The van der Waals surface area contributed by atoms with Crippen molar-refractivity contribution in [1.82, 2.24) is 4.98 Å². The zero-order chi connectivity index (χ0) is 13.0. The van der Waals surface area contributed by atoms with E-state index in [0.29, 0.717) is 5.92 Å². The fourth-order valence-electron chi connectivity index (χ4n) is 2.30. The summed E-state index contributed by atoms with van der Waals surface area (Å²) in [7, 11) is 1.71. The van der Waals surface area contributed by atoms with Crippen molar-refractivity contribution in [3.8, 4) is 5.75 Å². The quantitative estimate of drug-likeness (QED) is 0.769. The Morgan fingerprint density at radius 2 is 2.17 bits per heavy atom. The number of aromatic nitrogens is 1. The summed E-state index contributed by atoms with van der Waals surface area (Å²) in [6, 6.07) is 8.45. The van der Waals surface area contributed by atoms with Crippen LogP contribution in [0.4, 0.5) is 0 Å². The van der Waals surface area contributed by atoms with E-state index in [0.717, 1.165) is 16.7 Å². The van der Waals surface area contributed by atoms with Gasteiger partial charge in [0.1, 0.15) is 11.3 Å². The average molecular weight is 243 g/mol. The molecule has 2 aromatic rings. The van der Waals surface area contributed by atoms with Crippen LogP contribution in [0.15, 0.2) is 30.5 Å². The van der Waals surface area contributed by atoms with E-state index >= 15 is 0 Å². The highest BCUT2D eigenvalue weighted by molar-refractivity contribution is 5.85. The lowest BCUT2D eigenvalue weighted by molar-refractivity contribution is 0.418. The largest absolute Gasteiger partial charge is 0.494 e. The normalized spacial score (nSPS) is 12.6. The second-order valence-corrected chi connectivity index (χ2v) is 4.84. The number of rotatable bonds is 5. The highest BCUT2D eigenvalue weighted by atomic mass is 16.5. The zero-order valence-corrected chi connectivity index (χ0v) is 11.4. The van der Waals surface area contributed by atoms with E-state index in [-0.39, 0.29) is 0 Å². The molecule has 2 nitrogen and oxygen atoms in total. The molecule has 0 radical (unpaired) electrons. The number of nitrogens with zero attached hydrogens (tertiary/aromatic N) is 1. The number of fused-ring (bicyclic) bond motifs is 1. The van der Waals surface area contributed by atoms with Gasteiger partial charge in [0, 0.05) is 11.6 Å². The molecule has 1 heterocycles. The minimum atomic E-state index is 0.573. The maximum Gasteiger partial charge on any atom is 0.145 e. The van der Waals surface area contributed by atoms with Crippen LogP contribution in [0.5, 0.6) is 5.75 Å². The van der Waals surface area contributed by atoms with Crippen LogP contribution >= 0.6 is 0 Å². The van der Waals surface area contributed by atoms with Gasteiger partial charge in [0.15, 0.2) is 0 Å². The molecule has 1 atom stereocenters. The lowest BCUT2D eigenvalue weighted by atomic mass is 9.94. The van der Waals surface area contributed by atoms with Crippen molar-refractivity contribution in [2.75, 3.05) is 7.11 Å². The molecule has 0 saturated heterocycles. The van der Waals surface area contributed by atoms with Crippen molar-refractivity contribution in [2.24, 2.45) is 0 Å². The highest BCUT2D eigenvalue weighted by Gasteiger charge is 2.10. The van der Waals surface area contributed by atoms with Gasteiger partial charge >= 0.3 is 0 Å². The Morgan fingerprint density at radius 1 is 1.33 bits per heavy atom. The molecule has 0 fully saturated rings. The maximum absolute atomic E-state index is 5.46. The molecule has 0 bridgehead atoms. The van der Waals surface area contributed by atoms with Gasteiger partial charge in [-0.25, -0.2) is 0 Å². The van der Waals surface area contributed by atoms with E-state index < -0.39 is 0 Å². The first-order valence-electron chi connectivity index (χ1n) is 6.69. The van der Waals surface area contributed by atoms with Crippen molar-refractivity contribution in [3.05, 3.63) is 36.0 Å². The van der Waals surface area contributed by atoms with Crippen LogP contribution in [-0.2, 0) is 0 Å². The Morgan fingerprint density at radius 3 is 2.89 bits per heavy atom. The third-order valence-electron chi connectivity index (χ3n) is 3.47. The predicted molar refractivity (Wildman–Crippen MR) is 76.2 cm³/mol. The smallest absolute Gasteiger partial charge is 0.145 e. The molecule has 0 amide bonds. The summed E-state index contributed by atoms with van der Waals surface area (Å²) >= 11 is 0. The van der Waals surface area contributed by atoms with Gasteiger partial charge in [-0.15, -0.1) is 0 Å². The van der Waals surface area contributed by atoms with Gasteiger partial charge < -0.3 is 4.74 Å². The minimum Gasteiger partial charge on any atom is -0.494 e. The van der Waals surface area contributed by atoms with E-state index in [4.69, 9.17) is 4.74 Å². The summed E-state index contributed by atoms with van der Waals surface area (Å²) in [5, 5.41) is 1.16. The second kappa shape index (κ2) is 5.85. The molecule has 1 aromatic heterocycles. The van der Waals surface area contributed by atoms with Crippen molar-refractivity contribution >= 4 is 10.9 Å². The van der Waals surface area contributed by atoms with Gasteiger partial charge in [-0.05, 0) is 36.1 Å². The maximum atomic E-state index is 5.46. The van der Waals surface area contributed by atoms with E-state index in [2.05, 4.69) is 37.0 Å². The Kier molecular flexibility index (Phi) is 4.19. The number of hydrogen-bond donors (Lipinski definition) is 0. The van der Waals surface area contributed by atoms with Crippen LogP contribution in [-0.4, -0.2) is 12.1 Å². The fourth-order valence-corrected chi connectivity index (χ4v) is 2.30. The van der Waals surface area contributed by atoms with Crippen molar-refractivity contribution < 1.29 is 4.74 Å². The van der Waals surface area contributed by atoms with Crippen LogP contribution < -0.4 is 4.74 Å². The summed E-state index contributed by atoms with van der Waals surface area (Å²) in [5.41, 5.74) is 2.30. The highest BCUT2D eigenvalue weighted by Crippen LogP contribution is 2.31. The van der Waals surface area contributed by atoms with Gasteiger partial charge in [-0.2, -0.15) is 0 Å². The Labute approximate surface area is 109 Å². The SMILES string of the molecule is CCCCC(C)c1cc(OC)c2ncccc2c1. The first-order chi connectivity index (χ1) is 8.76. The molecular weight excluding hydrogens is 222 g/mol.